The predicted molar refractivity (Wildman–Crippen MR) is 77.8 cm³/mol. The number of amides is 2. The monoisotopic (exact) mass is 291 g/mol. The zero-order valence-corrected chi connectivity index (χ0v) is 12.3. The Kier molecular flexibility index (Phi) is 5.68. The van der Waals surface area contributed by atoms with Gasteiger partial charge in [0.05, 0.1) is 18.6 Å². The fourth-order valence-corrected chi connectivity index (χ4v) is 2.39. The van der Waals surface area contributed by atoms with E-state index in [-0.39, 0.29) is 11.8 Å². The summed E-state index contributed by atoms with van der Waals surface area (Å²) in [6, 6.07) is 3.52. The number of pyridine rings is 1. The molecular formula is C15H21N3O3. The molecule has 0 aliphatic carbocycles. The van der Waals surface area contributed by atoms with Gasteiger partial charge >= 0.3 is 0 Å². The number of nitrogens with zero attached hydrogens (tertiary/aromatic N) is 3. The van der Waals surface area contributed by atoms with E-state index >= 15 is 0 Å². The molecule has 0 atom stereocenters. The lowest BCUT2D eigenvalue weighted by atomic mass is 10.2. The largest absolute Gasteiger partial charge is 0.384 e. The Balaban J connectivity index is 1.91. The zero-order chi connectivity index (χ0) is 15.1. The molecule has 0 spiro atoms. The first-order chi connectivity index (χ1) is 10.2. The number of ether oxygens (including phenoxy) is 1. The minimum Gasteiger partial charge on any atom is -0.384 e. The van der Waals surface area contributed by atoms with Crippen LogP contribution in [0.1, 0.15) is 23.2 Å². The molecule has 2 rings (SSSR count). The fraction of sp³-hybridized carbons (Fsp3) is 0.533. The summed E-state index contributed by atoms with van der Waals surface area (Å²) >= 11 is 0. The molecule has 1 fully saturated rings. The van der Waals surface area contributed by atoms with Gasteiger partial charge in [-0.2, -0.15) is 0 Å². The molecule has 1 aliphatic heterocycles. The van der Waals surface area contributed by atoms with E-state index in [2.05, 4.69) is 4.98 Å². The number of carbonyl (C=O) groups is 2. The molecule has 2 amide bonds. The van der Waals surface area contributed by atoms with E-state index in [1.54, 1.807) is 36.5 Å². The van der Waals surface area contributed by atoms with Crippen molar-refractivity contribution in [2.24, 2.45) is 0 Å². The highest BCUT2D eigenvalue weighted by Crippen LogP contribution is 2.09. The molecule has 1 aromatic rings. The predicted octanol–water partition coefficient (Wildman–Crippen LogP) is 0.793. The summed E-state index contributed by atoms with van der Waals surface area (Å²) in [6.45, 7) is 2.94. The first-order valence-electron chi connectivity index (χ1n) is 7.18. The Morgan fingerprint density at radius 3 is 2.71 bits per heavy atom. The van der Waals surface area contributed by atoms with Crippen molar-refractivity contribution in [1.82, 2.24) is 14.8 Å². The highest BCUT2D eigenvalue weighted by atomic mass is 16.5. The van der Waals surface area contributed by atoms with Gasteiger partial charge in [-0.25, -0.2) is 0 Å². The van der Waals surface area contributed by atoms with Gasteiger partial charge in [-0.1, -0.05) is 0 Å². The second-order valence-electron chi connectivity index (χ2n) is 5.01. The van der Waals surface area contributed by atoms with Gasteiger partial charge in [-0.15, -0.1) is 0 Å². The number of hydrogen-bond acceptors (Lipinski definition) is 4. The summed E-state index contributed by atoms with van der Waals surface area (Å²) in [5, 5.41) is 0. The maximum absolute atomic E-state index is 12.4. The van der Waals surface area contributed by atoms with Gasteiger partial charge in [0.1, 0.15) is 0 Å². The van der Waals surface area contributed by atoms with Gasteiger partial charge in [0.25, 0.3) is 5.91 Å². The summed E-state index contributed by atoms with van der Waals surface area (Å²) in [5.74, 6) is 0.0711. The molecule has 2 heterocycles. The van der Waals surface area contributed by atoms with E-state index in [9.17, 15) is 9.59 Å². The number of aromatic nitrogens is 1. The number of carbonyl (C=O) groups excluding carboxylic acids is 2. The van der Waals surface area contributed by atoms with Crippen molar-refractivity contribution < 1.29 is 14.3 Å². The number of methoxy groups -OCH3 is 1. The van der Waals surface area contributed by atoms with Crippen LogP contribution in [-0.4, -0.2) is 66.5 Å². The van der Waals surface area contributed by atoms with Crippen LogP contribution >= 0.6 is 0 Å². The molecule has 0 aromatic carbocycles. The molecule has 0 radical (unpaired) electrons. The highest BCUT2D eigenvalue weighted by molar-refractivity contribution is 5.93. The van der Waals surface area contributed by atoms with E-state index in [4.69, 9.17) is 4.74 Å². The Hall–Kier alpha value is -1.95. The first kappa shape index (κ1) is 15.4. The van der Waals surface area contributed by atoms with Crippen LogP contribution in [0.5, 0.6) is 0 Å². The van der Waals surface area contributed by atoms with Gasteiger partial charge < -0.3 is 14.5 Å². The topological polar surface area (TPSA) is 62.7 Å². The third kappa shape index (κ3) is 4.26. The average molecular weight is 291 g/mol. The van der Waals surface area contributed by atoms with E-state index in [1.807, 2.05) is 4.90 Å². The van der Waals surface area contributed by atoms with Crippen LogP contribution in [0.4, 0.5) is 0 Å². The first-order valence-corrected chi connectivity index (χ1v) is 7.18. The van der Waals surface area contributed by atoms with Gasteiger partial charge in [-0.05, 0) is 18.6 Å². The van der Waals surface area contributed by atoms with Crippen molar-refractivity contribution in [2.45, 2.75) is 12.8 Å². The standard InChI is InChI=1S/C15H21N3O3/c1-21-11-5-14(19)17-7-3-8-18(10-9-17)15(20)13-4-2-6-16-12-13/h2,4,6,12H,3,5,7-11H2,1H3. The third-order valence-corrected chi connectivity index (χ3v) is 3.56. The van der Waals surface area contributed by atoms with Crippen LogP contribution < -0.4 is 0 Å². The smallest absolute Gasteiger partial charge is 0.255 e. The van der Waals surface area contributed by atoms with Crippen molar-refractivity contribution in [2.75, 3.05) is 39.9 Å². The molecule has 0 saturated carbocycles. The van der Waals surface area contributed by atoms with Crippen molar-refractivity contribution in [3.8, 4) is 0 Å². The minimum atomic E-state index is -0.0192. The van der Waals surface area contributed by atoms with Crippen molar-refractivity contribution in [3.05, 3.63) is 30.1 Å². The number of rotatable bonds is 4. The van der Waals surface area contributed by atoms with E-state index in [0.29, 0.717) is 44.8 Å². The summed E-state index contributed by atoms with van der Waals surface area (Å²) < 4.78 is 4.93. The molecule has 21 heavy (non-hydrogen) atoms. The van der Waals surface area contributed by atoms with Crippen molar-refractivity contribution in [1.29, 1.82) is 0 Å². The van der Waals surface area contributed by atoms with Crippen molar-refractivity contribution in [3.63, 3.8) is 0 Å². The van der Waals surface area contributed by atoms with Gasteiger partial charge in [0.15, 0.2) is 0 Å². The van der Waals surface area contributed by atoms with Crippen LogP contribution in [-0.2, 0) is 9.53 Å². The SMILES string of the molecule is COCCC(=O)N1CCCN(C(=O)c2cccnc2)CC1. The van der Waals surface area contributed by atoms with Gasteiger partial charge in [0.2, 0.25) is 5.91 Å². The lowest BCUT2D eigenvalue weighted by Crippen LogP contribution is -2.37. The summed E-state index contributed by atoms with van der Waals surface area (Å²) in [5.41, 5.74) is 0.594. The Morgan fingerprint density at radius 1 is 1.24 bits per heavy atom. The Morgan fingerprint density at radius 2 is 2.00 bits per heavy atom. The molecule has 1 saturated heterocycles. The zero-order valence-electron chi connectivity index (χ0n) is 12.3. The van der Waals surface area contributed by atoms with Crippen molar-refractivity contribution >= 4 is 11.8 Å². The molecule has 0 N–H and O–H groups in total. The fourth-order valence-electron chi connectivity index (χ4n) is 2.39. The van der Waals surface area contributed by atoms with Crippen LogP contribution in [0, 0.1) is 0 Å². The second kappa shape index (κ2) is 7.73. The Bertz CT molecular complexity index is 478. The lowest BCUT2D eigenvalue weighted by Gasteiger charge is -2.22. The van der Waals surface area contributed by atoms with E-state index < -0.39 is 0 Å². The maximum Gasteiger partial charge on any atom is 0.255 e. The molecule has 0 unspecified atom stereocenters. The second-order valence-corrected chi connectivity index (χ2v) is 5.01. The van der Waals surface area contributed by atoms with Crippen LogP contribution in [0.25, 0.3) is 0 Å². The molecule has 1 aliphatic rings. The molecule has 1 aromatic heterocycles. The summed E-state index contributed by atoms with van der Waals surface area (Å²) in [7, 11) is 1.59. The highest BCUT2D eigenvalue weighted by Gasteiger charge is 2.22. The number of hydrogen-bond donors (Lipinski definition) is 0. The summed E-state index contributed by atoms with van der Waals surface area (Å²) in [6.07, 6.45) is 4.42. The maximum atomic E-state index is 12.4. The molecule has 114 valence electrons. The van der Waals surface area contributed by atoms with Gasteiger partial charge in [-0.3, -0.25) is 14.6 Å². The summed E-state index contributed by atoms with van der Waals surface area (Å²) in [4.78, 5) is 31.9. The molecular weight excluding hydrogens is 270 g/mol. The van der Waals surface area contributed by atoms with Gasteiger partial charge in [0, 0.05) is 45.7 Å². The third-order valence-electron chi connectivity index (χ3n) is 3.56. The molecule has 0 bridgehead atoms. The molecule has 6 heteroatoms. The van der Waals surface area contributed by atoms with Crippen LogP contribution in [0.15, 0.2) is 24.5 Å². The lowest BCUT2D eigenvalue weighted by molar-refractivity contribution is -0.132. The van der Waals surface area contributed by atoms with E-state index in [1.165, 1.54) is 0 Å². The van der Waals surface area contributed by atoms with Crippen LogP contribution in [0.3, 0.4) is 0 Å². The van der Waals surface area contributed by atoms with Crippen LogP contribution in [0.2, 0.25) is 0 Å². The molecule has 6 nitrogen and oxygen atoms in total. The minimum absolute atomic E-state index is 0.0192. The normalized spacial score (nSPS) is 15.7. The average Bonchev–Trinajstić information content (AvgIpc) is 2.79. The van der Waals surface area contributed by atoms with E-state index in [0.717, 1.165) is 6.42 Å². The Labute approximate surface area is 124 Å². The quantitative estimate of drug-likeness (QED) is 0.823.